The lowest BCUT2D eigenvalue weighted by Gasteiger charge is -2.06. The predicted octanol–water partition coefficient (Wildman–Crippen LogP) is 3.56. The van der Waals surface area contributed by atoms with Gasteiger partial charge in [0, 0.05) is 10.6 Å². The molecule has 2 aromatic carbocycles. The molecule has 0 spiro atoms. The van der Waals surface area contributed by atoms with Crippen molar-refractivity contribution in [1.82, 2.24) is 15.1 Å². The molecule has 1 aromatic heterocycles. The van der Waals surface area contributed by atoms with E-state index in [1.165, 1.54) is 0 Å². The molecule has 5 heteroatoms. The zero-order chi connectivity index (χ0) is 16.9. The normalized spacial score (nSPS) is 10.2. The maximum absolute atomic E-state index is 12.4. The standard InChI is InChI=1S/C19H14ClN3O/c1-2-12-21-19(24)18-13-17(14-8-10-15(20)11-9-14)22-23(18)16-6-4-3-5-7-16/h1,3-11,13H,12H2,(H,21,24). The van der Waals surface area contributed by atoms with Gasteiger partial charge in [-0.15, -0.1) is 6.42 Å². The molecule has 1 N–H and O–H groups in total. The first kappa shape index (κ1) is 15.9. The fourth-order valence-corrected chi connectivity index (χ4v) is 2.42. The van der Waals surface area contributed by atoms with Crippen molar-refractivity contribution in [3.8, 4) is 29.3 Å². The van der Waals surface area contributed by atoms with Crippen molar-refractivity contribution < 1.29 is 4.79 Å². The van der Waals surface area contributed by atoms with E-state index in [1.807, 2.05) is 42.5 Å². The van der Waals surface area contributed by atoms with Crippen LogP contribution >= 0.6 is 11.6 Å². The van der Waals surface area contributed by atoms with Crippen LogP contribution in [-0.4, -0.2) is 22.2 Å². The molecule has 0 aliphatic heterocycles. The quantitative estimate of drug-likeness (QED) is 0.741. The van der Waals surface area contributed by atoms with E-state index in [2.05, 4.69) is 16.3 Å². The zero-order valence-electron chi connectivity index (χ0n) is 12.7. The summed E-state index contributed by atoms with van der Waals surface area (Å²) in [6, 6.07) is 18.5. The molecule has 3 aromatic rings. The first-order chi connectivity index (χ1) is 11.7. The second-order valence-electron chi connectivity index (χ2n) is 5.06. The summed E-state index contributed by atoms with van der Waals surface area (Å²) in [5.74, 6) is 2.12. The van der Waals surface area contributed by atoms with E-state index in [0.717, 1.165) is 11.3 Å². The highest BCUT2D eigenvalue weighted by atomic mass is 35.5. The summed E-state index contributed by atoms with van der Waals surface area (Å²) >= 11 is 5.93. The average Bonchev–Trinajstić information content (AvgIpc) is 3.06. The molecule has 1 amide bonds. The Balaban J connectivity index is 2.07. The number of amides is 1. The fraction of sp³-hybridized carbons (Fsp3) is 0.0526. The molecule has 0 aliphatic rings. The van der Waals surface area contributed by atoms with Gasteiger partial charge in [-0.2, -0.15) is 5.10 Å². The molecule has 0 aliphatic carbocycles. The molecule has 1 heterocycles. The highest BCUT2D eigenvalue weighted by molar-refractivity contribution is 6.30. The van der Waals surface area contributed by atoms with Gasteiger partial charge in [-0.05, 0) is 30.3 Å². The van der Waals surface area contributed by atoms with Gasteiger partial charge in [-0.3, -0.25) is 4.79 Å². The van der Waals surface area contributed by atoms with Gasteiger partial charge in [-0.1, -0.05) is 47.9 Å². The molecule has 0 atom stereocenters. The Hall–Kier alpha value is -3.03. The summed E-state index contributed by atoms with van der Waals surface area (Å²) in [6.45, 7) is 0.162. The third-order valence-corrected chi connectivity index (χ3v) is 3.69. The number of terminal acetylenes is 1. The van der Waals surface area contributed by atoms with Crippen LogP contribution < -0.4 is 5.32 Å². The fourth-order valence-electron chi connectivity index (χ4n) is 2.29. The van der Waals surface area contributed by atoms with Gasteiger partial charge in [0.25, 0.3) is 5.91 Å². The van der Waals surface area contributed by atoms with Gasteiger partial charge in [0.2, 0.25) is 0 Å². The molecular weight excluding hydrogens is 322 g/mol. The molecule has 0 unspecified atom stereocenters. The number of nitrogens with one attached hydrogen (secondary N) is 1. The molecule has 24 heavy (non-hydrogen) atoms. The number of aromatic nitrogens is 2. The molecule has 0 saturated heterocycles. The highest BCUT2D eigenvalue weighted by Gasteiger charge is 2.17. The van der Waals surface area contributed by atoms with Crippen LogP contribution in [0.2, 0.25) is 5.02 Å². The Morgan fingerprint density at radius 2 is 1.88 bits per heavy atom. The van der Waals surface area contributed by atoms with E-state index < -0.39 is 0 Å². The minimum absolute atomic E-state index is 0.162. The minimum Gasteiger partial charge on any atom is -0.340 e. The zero-order valence-corrected chi connectivity index (χ0v) is 13.5. The number of hydrogen-bond donors (Lipinski definition) is 1. The van der Waals surface area contributed by atoms with Gasteiger partial charge in [0.1, 0.15) is 5.69 Å². The van der Waals surface area contributed by atoms with Crippen molar-refractivity contribution in [3.63, 3.8) is 0 Å². The summed E-state index contributed by atoms with van der Waals surface area (Å²) in [5.41, 5.74) is 2.77. The van der Waals surface area contributed by atoms with Crippen molar-refractivity contribution in [2.24, 2.45) is 0 Å². The van der Waals surface area contributed by atoms with Gasteiger partial charge >= 0.3 is 0 Å². The van der Waals surface area contributed by atoms with Crippen LogP contribution in [0.3, 0.4) is 0 Å². The summed E-state index contributed by atoms with van der Waals surface area (Å²) in [5, 5.41) is 7.89. The molecule has 0 bridgehead atoms. The second-order valence-corrected chi connectivity index (χ2v) is 5.49. The number of para-hydroxylation sites is 1. The second kappa shape index (κ2) is 7.03. The van der Waals surface area contributed by atoms with E-state index in [-0.39, 0.29) is 12.5 Å². The predicted molar refractivity (Wildman–Crippen MR) is 95.2 cm³/mol. The first-order valence-corrected chi connectivity index (χ1v) is 7.70. The summed E-state index contributed by atoms with van der Waals surface area (Å²) in [4.78, 5) is 12.4. The van der Waals surface area contributed by atoms with E-state index in [0.29, 0.717) is 16.4 Å². The van der Waals surface area contributed by atoms with Crippen LogP contribution in [0.15, 0.2) is 60.7 Å². The third-order valence-electron chi connectivity index (χ3n) is 3.43. The van der Waals surface area contributed by atoms with Crippen molar-refractivity contribution in [2.45, 2.75) is 0 Å². The number of rotatable bonds is 4. The number of benzene rings is 2. The van der Waals surface area contributed by atoms with Crippen molar-refractivity contribution >= 4 is 17.5 Å². The SMILES string of the molecule is C#CCNC(=O)c1cc(-c2ccc(Cl)cc2)nn1-c1ccccc1. The minimum atomic E-state index is -0.274. The molecule has 0 radical (unpaired) electrons. The lowest BCUT2D eigenvalue weighted by molar-refractivity contribution is 0.0951. The highest BCUT2D eigenvalue weighted by Crippen LogP contribution is 2.23. The third kappa shape index (κ3) is 3.32. The average molecular weight is 336 g/mol. The summed E-state index contributed by atoms with van der Waals surface area (Å²) in [7, 11) is 0. The maximum atomic E-state index is 12.4. The smallest absolute Gasteiger partial charge is 0.270 e. The lowest BCUT2D eigenvalue weighted by Crippen LogP contribution is -2.26. The topological polar surface area (TPSA) is 46.9 Å². The number of halogens is 1. The largest absolute Gasteiger partial charge is 0.340 e. The first-order valence-electron chi connectivity index (χ1n) is 7.32. The number of carbonyl (C=O) groups excluding carboxylic acids is 1. The summed E-state index contributed by atoms with van der Waals surface area (Å²) < 4.78 is 1.61. The maximum Gasteiger partial charge on any atom is 0.270 e. The van der Waals surface area contributed by atoms with E-state index >= 15 is 0 Å². The van der Waals surface area contributed by atoms with Gasteiger partial charge in [0.15, 0.2) is 0 Å². The molecule has 0 fully saturated rings. The molecule has 4 nitrogen and oxygen atoms in total. The van der Waals surface area contributed by atoms with Gasteiger partial charge in [-0.25, -0.2) is 4.68 Å². The Kier molecular flexibility index (Phi) is 4.64. The van der Waals surface area contributed by atoms with Crippen LogP contribution in [0.4, 0.5) is 0 Å². The summed E-state index contributed by atoms with van der Waals surface area (Å²) in [6.07, 6.45) is 5.21. The Bertz CT molecular complexity index is 893. The number of nitrogens with zero attached hydrogens (tertiary/aromatic N) is 2. The molecule has 3 rings (SSSR count). The van der Waals surface area contributed by atoms with E-state index in [9.17, 15) is 4.79 Å². The van der Waals surface area contributed by atoms with Crippen molar-refractivity contribution in [1.29, 1.82) is 0 Å². The van der Waals surface area contributed by atoms with Crippen LogP contribution in [0.5, 0.6) is 0 Å². The molecule has 118 valence electrons. The van der Waals surface area contributed by atoms with Crippen LogP contribution in [0.25, 0.3) is 16.9 Å². The van der Waals surface area contributed by atoms with Gasteiger partial charge < -0.3 is 5.32 Å². The molecular formula is C19H14ClN3O. The van der Waals surface area contributed by atoms with E-state index in [4.69, 9.17) is 18.0 Å². The van der Waals surface area contributed by atoms with Crippen molar-refractivity contribution in [2.75, 3.05) is 6.54 Å². The Morgan fingerprint density at radius 3 is 2.54 bits per heavy atom. The Labute approximate surface area is 145 Å². The van der Waals surface area contributed by atoms with E-state index in [1.54, 1.807) is 22.9 Å². The lowest BCUT2D eigenvalue weighted by atomic mass is 10.1. The Morgan fingerprint density at radius 1 is 1.17 bits per heavy atom. The monoisotopic (exact) mass is 335 g/mol. The van der Waals surface area contributed by atoms with Crippen LogP contribution in [-0.2, 0) is 0 Å². The van der Waals surface area contributed by atoms with Gasteiger partial charge in [0.05, 0.1) is 17.9 Å². The number of hydrogen-bond acceptors (Lipinski definition) is 2. The van der Waals surface area contributed by atoms with Crippen LogP contribution in [0, 0.1) is 12.3 Å². The van der Waals surface area contributed by atoms with Crippen molar-refractivity contribution in [3.05, 3.63) is 71.4 Å². The molecule has 0 saturated carbocycles. The van der Waals surface area contributed by atoms with Crippen LogP contribution in [0.1, 0.15) is 10.5 Å². The number of carbonyl (C=O) groups is 1.